The van der Waals surface area contributed by atoms with Gasteiger partial charge in [-0.1, -0.05) is 17.3 Å². The highest BCUT2D eigenvalue weighted by Crippen LogP contribution is 2.58. The second kappa shape index (κ2) is 6.22. The van der Waals surface area contributed by atoms with E-state index in [1.54, 1.807) is 24.0 Å². The highest BCUT2D eigenvalue weighted by Gasteiger charge is 2.58. The second-order valence-corrected chi connectivity index (χ2v) is 7.96. The van der Waals surface area contributed by atoms with Gasteiger partial charge in [-0.05, 0) is 24.0 Å². The lowest BCUT2D eigenvalue weighted by Crippen LogP contribution is -2.24. The molecular weight excluding hydrogens is 389 g/mol. The highest BCUT2D eigenvalue weighted by molar-refractivity contribution is 5.68. The first kappa shape index (κ1) is 17.3. The number of rotatable bonds is 4. The first-order chi connectivity index (χ1) is 14.6. The average Bonchev–Trinajstić information content (AvgIpc) is 3.16. The number of fused-ring (bicyclic) bond motifs is 2. The highest BCUT2D eigenvalue weighted by atomic mass is 19.1. The van der Waals surface area contributed by atoms with Crippen molar-refractivity contribution in [3.8, 4) is 0 Å². The van der Waals surface area contributed by atoms with Gasteiger partial charge in [0.25, 0.3) is 5.56 Å². The number of hydrogen-bond acceptors (Lipinski definition) is 7. The maximum Gasteiger partial charge on any atom is 0.280 e. The molecule has 1 aliphatic heterocycles. The molecule has 2 fully saturated rings. The van der Waals surface area contributed by atoms with E-state index in [1.807, 2.05) is 12.1 Å². The van der Waals surface area contributed by atoms with E-state index in [-0.39, 0.29) is 23.8 Å². The zero-order chi connectivity index (χ0) is 20.4. The zero-order valence-electron chi connectivity index (χ0n) is 16.1. The minimum Gasteiger partial charge on any atom is -0.369 e. The predicted molar refractivity (Wildman–Crippen MR) is 105 cm³/mol. The van der Waals surface area contributed by atoms with Gasteiger partial charge in [-0.2, -0.15) is 4.98 Å². The molecule has 1 saturated carbocycles. The summed E-state index contributed by atoms with van der Waals surface area (Å²) >= 11 is 0. The Kier molecular flexibility index (Phi) is 3.59. The summed E-state index contributed by atoms with van der Waals surface area (Å²) in [5.41, 5.74) is 1.29. The lowest BCUT2D eigenvalue weighted by Gasteiger charge is -2.21. The molecule has 3 aromatic heterocycles. The van der Waals surface area contributed by atoms with Gasteiger partial charge in [0.05, 0.1) is 12.0 Å². The molecule has 4 heterocycles. The normalized spacial score (nSPS) is 22.6. The van der Waals surface area contributed by atoms with Crippen LogP contribution in [0.1, 0.15) is 17.6 Å². The molecule has 1 aliphatic carbocycles. The van der Waals surface area contributed by atoms with Crippen LogP contribution in [0.4, 0.5) is 10.1 Å². The Morgan fingerprint density at radius 2 is 1.93 bits per heavy atom. The van der Waals surface area contributed by atoms with Gasteiger partial charge in [0.1, 0.15) is 18.7 Å². The van der Waals surface area contributed by atoms with Crippen LogP contribution in [-0.4, -0.2) is 42.3 Å². The Morgan fingerprint density at radius 3 is 2.73 bits per heavy atom. The Balaban J connectivity index is 1.18. The van der Waals surface area contributed by atoms with E-state index in [4.69, 9.17) is 4.52 Å². The van der Waals surface area contributed by atoms with Crippen molar-refractivity contribution in [2.45, 2.75) is 12.5 Å². The van der Waals surface area contributed by atoms with Crippen LogP contribution in [-0.2, 0) is 13.6 Å². The number of benzene rings is 1. The Morgan fingerprint density at radius 1 is 1.17 bits per heavy atom. The molecule has 6 rings (SSSR count). The summed E-state index contributed by atoms with van der Waals surface area (Å²) in [6.45, 7) is 1.71. The fourth-order valence-corrected chi connectivity index (χ4v) is 4.61. The van der Waals surface area contributed by atoms with Crippen molar-refractivity contribution in [2.24, 2.45) is 18.9 Å². The van der Waals surface area contributed by atoms with Gasteiger partial charge in [-0.3, -0.25) is 9.36 Å². The largest absolute Gasteiger partial charge is 0.369 e. The van der Waals surface area contributed by atoms with Crippen LogP contribution in [0.3, 0.4) is 0 Å². The molecule has 0 bridgehead atoms. The summed E-state index contributed by atoms with van der Waals surface area (Å²) in [6.07, 6.45) is 3.00. The molecule has 4 aromatic rings. The molecule has 2 aliphatic rings. The fraction of sp³-hybridized carbons (Fsp3) is 0.350. The summed E-state index contributed by atoms with van der Waals surface area (Å²) in [6, 6.07) is 6.85. The van der Waals surface area contributed by atoms with E-state index in [0.29, 0.717) is 40.4 Å². The van der Waals surface area contributed by atoms with Gasteiger partial charge in [-0.15, -0.1) is 0 Å². The van der Waals surface area contributed by atoms with Crippen molar-refractivity contribution in [1.29, 1.82) is 0 Å². The predicted octanol–water partition coefficient (Wildman–Crippen LogP) is 1.55. The van der Waals surface area contributed by atoms with Crippen LogP contribution < -0.4 is 10.5 Å². The number of para-hydroxylation sites is 1. The first-order valence-corrected chi connectivity index (χ1v) is 9.78. The zero-order valence-corrected chi connectivity index (χ0v) is 16.1. The lowest BCUT2D eigenvalue weighted by molar-refractivity contribution is 0.363. The molecule has 0 radical (unpaired) electrons. The molecule has 30 heavy (non-hydrogen) atoms. The minimum atomic E-state index is -0.205. The average molecular weight is 407 g/mol. The molecule has 10 heteroatoms. The molecule has 0 amide bonds. The number of hydrogen-bond donors (Lipinski definition) is 0. The van der Waals surface area contributed by atoms with Crippen LogP contribution in [0.15, 0.2) is 46.2 Å². The van der Waals surface area contributed by atoms with E-state index in [1.165, 1.54) is 17.0 Å². The van der Waals surface area contributed by atoms with E-state index >= 15 is 0 Å². The smallest absolute Gasteiger partial charge is 0.280 e. The minimum absolute atomic E-state index is 0.156. The van der Waals surface area contributed by atoms with Crippen LogP contribution >= 0.6 is 0 Å². The Labute approximate surface area is 169 Å². The van der Waals surface area contributed by atoms with E-state index in [0.717, 1.165) is 13.1 Å². The van der Waals surface area contributed by atoms with Gasteiger partial charge in [0, 0.05) is 26.1 Å². The molecule has 0 spiro atoms. The monoisotopic (exact) mass is 407 g/mol. The van der Waals surface area contributed by atoms with Crippen LogP contribution in [0.25, 0.3) is 11.2 Å². The number of piperidine rings is 1. The summed E-state index contributed by atoms with van der Waals surface area (Å²) in [4.78, 5) is 27.6. The third-order valence-corrected chi connectivity index (χ3v) is 6.18. The van der Waals surface area contributed by atoms with Crippen LogP contribution in [0.5, 0.6) is 0 Å². The molecule has 1 unspecified atom stereocenters. The maximum absolute atomic E-state index is 14.0. The summed E-state index contributed by atoms with van der Waals surface area (Å²) < 4.78 is 22.5. The summed E-state index contributed by atoms with van der Waals surface area (Å²) in [5.74, 6) is 1.85. The summed E-state index contributed by atoms with van der Waals surface area (Å²) in [5, 5.41) is 4.14. The molecule has 152 valence electrons. The molecule has 0 N–H and O–H groups in total. The van der Waals surface area contributed by atoms with E-state index in [9.17, 15) is 9.18 Å². The summed E-state index contributed by atoms with van der Waals surface area (Å²) in [7, 11) is 1.75. The van der Waals surface area contributed by atoms with E-state index < -0.39 is 0 Å². The number of halogens is 1. The lowest BCUT2D eigenvalue weighted by atomic mass is 10.2. The number of aryl methyl sites for hydroxylation is 1. The van der Waals surface area contributed by atoms with Crippen LogP contribution in [0, 0.1) is 17.7 Å². The first-order valence-electron chi connectivity index (χ1n) is 9.78. The third kappa shape index (κ3) is 2.56. The Bertz CT molecular complexity index is 1310. The molecule has 1 saturated heterocycles. The van der Waals surface area contributed by atoms with E-state index in [2.05, 4.69) is 25.0 Å². The second-order valence-electron chi connectivity index (χ2n) is 7.96. The molecule has 3 atom stereocenters. The van der Waals surface area contributed by atoms with Crippen molar-refractivity contribution in [3.63, 3.8) is 0 Å². The topological polar surface area (TPSA) is 94.9 Å². The molecular formula is C20H18FN7O2. The standard InChI is InChI=1S/C20H18FN7O2/c1-26-9-22-19-17(26)20(29)28(10-23-19)8-15-24-18(25-30-15)16-11-6-27(7-12(11)16)14-5-3-2-4-13(14)21/h2-5,9-12,16H,6-8H2,1H3/t11-,12+,16?. The molecule has 9 nitrogen and oxygen atoms in total. The fourth-order valence-electron chi connectivity index (χ4n) is 4.61. The van der Waals surface area contributed by atoms with Crippen molar-refractivity contribution in [2.75, 3.05) is 18.0 Å². The third-order valence-electron chi connectivity index (χ3n) is 6.18. The SMILES string of the molecule is Cn1cnc2ncn(Cc3nc(C4[C@H]5CN(c6ccccc6F)C[C@@H]45)no3)c(=O)c21. The van der Waals surface area contributed by atoms with Gasteiger partial charge >= 0.3 is 0 Å². The number of nitrogens with zero attached hydrogens (tertiary/aromatic N) is 7. The van der Waals surface area contributed by atoms with Crippen molar-refractivity contribution < 1.29 is 8.91 Å². The number of aromatic nitrogens is 6. The maximum atomic E-state index is 14.0. The number of anilines is 1. The Hall–Kier alpha value is -3.56. The van der Waals surface area contributed by atoms with Crippen LogP contribution in [0.2, 0.25) is 0 Å². The van der Waals surface area contributed by atoms with Crippen molar-refractivity contribution in [1.82, 2.24) is 29.2 Å². The van der Waals surface area contributed by atoms with Crippen molar-refractivity contribution in [3.05, 3.63) is 64.8 Å². The van der Waals surface area contributed by atoms with Crippen molar-refractivity contribution >= 4 is 16.9 Å². The quantitative estimate of drug-likeness (QED) is 0.507. The van der Waals surface area contributed by atoms with Gasteiger partial charge < -0.3 is 14.0 Å². The molecule has 1 aromatic carbocycles. The van der Waals surface area contributed by atoms with Gasteiger partial charge in [0.2, 0.25) is 5.89 Å². The van der Waals surface area contributed by atoms with Gasteiger partial charge in [0.15, 0.2) is 17.0 Å². The van der Waals surface area contributed by atoms with Gasteiger partial charge in [-0.25, -0.2) is 14.4 Å². The number of imidazole rings is 1.